The highest BCUT2D eigenvalue weighted by atomic mass is 16.6. The number of nitrogens with zero attached hydrogens (tertiary/aromatic N) is 2. The van der Waals surface area contributed by atoms with E-state index >= 15 is 0 Å². The molecule has 0 aromatic heterocycles. The standard InChI is InChI=1S/C15H10N2O4/c18-15-13(10-4-2-1-3-5-10)16-14(21-15)11-6-8-12(9-7-11)17(19)20/h1-9,13H/t13-/m0/s1. The summed E-state index contributed by atoms with van der Waals surface area (Å²) in [6.07, 6.45) is 0. The third-order valence-corrected chi connectivity index (χ3v) is 3.11. The molecule has 1 aliphatic rings. The Morgan fingerprint density at radius 2 is 1.71 bits per heavy atom. The van der Waals surface area contributed by atoms with E-state index in [1.807, 2.05) is 18.2 Å². The molecule has 0 spiro atoms. The van der Waals surface area contributed by atoms with Crippen LogP contribution in [0.5, 0.6) is 0 Å². The molecule has 0 N–H and O–H groups in total. The number of ether oxygens (including phenoxy) is 1. The van der Waals surface area contributed by atoms with Gasteiger partial charge in [0.05, 0.1) is 4.92 Å². The van der Waals surface area contributed by atoms with Crippen molar-refractivity contribution in [1.29, 1.82) is 0 Å². The van der Waals surface area contributed by atoms with Crippen LogP contribution in [0.4, 0.5) is 5.69 Å². The minimum absolute atomic E-state index is 0.0247. The number of benzene rings is 2. The Kier molecular flexibility index (Phi) is 3.19. The number of nitro groups is 1. The van der Waals surface area contributed by atoms with Gasteiger partial charge in [-0.05, 0) is 17.7 Å². The molecule has 0 amide bonds. The van der Waals surface area contributed by atoms with Crippen molar-refractivity contribution >= 4 is 17.6 Å². The molecule has 1 atom stereocenters. The number of non-ortho nitro benzene ring substituents is 1. The molecule has 0 radical (unpaired) electrons. The van der Waals surface area contributed by atoms with Crippen molar-refractivity contribution in [3.63, 3.8) is 0 Å². The Bertz CT molecular complexity index is 723. The van der Waals surface area contributed by atoms with Crippen molar-refractivity contribution in [2.75, 3.05) is 0 Å². The monoisotopic (exact) mass is 282 g/mol. The Balaban J connectivity index is 1.90. The maximum atomic E-state index is 11.9. The molecule has 0 bridgehead atoms. The summed E-state index contributed by atoms with van der Waals surface area (Å²) in [6, 6.07) is 14.1. The highest BCUT2D eigenvalue weighted by Gasteiger charge is 2.31. The number of carbonyl (C=O) groups is 1. The smallest absolute Gasteiger partial charge is 0.342 e. The van der Waals surface area contributed by atoms with Crippen molar-refractivity contribution < 1.29 is 14.5 Å². The van der Waals surface area contributed by atoms with Gasteiger partial charge in [0, 0.05) is 17.7 Å². The molecule has 2 aromatic carbocycles. The van der Waals surface area contributed by atoms with Crippen LogP contribution >= 0.6 is 0 Å². The molecule has 21 heavy (non-hydrogen) atoms. The van der Waals surface area contributed by atoms with Crippen molar-refractivity contribution in [3.05, 3.63) is 75.8 Å². The zero-order chi connectivity index (χ0) is 14.8. The largest absolute Gasteiger partial charge is 0.405 e. The van der Waals surface area contributed by atoms with Gasteiger partial charge in [0.15, 0.2) is 6.04 Å². The maximum Gasteiger partial charge on any atom is 0.342 e. The van der Waals surface area contributed by atoms with Gasteiger partial charge < -0.3 is 4.74 Å². The molecule has 0 saturated carbocycles. The lowest BCUT2D eigenvalue weighted by Gasteiger charge is -2.01. The first-order valence-corrected chi connectivity index (χ1v) is 6.24. The van der Waals surface area contributed by atoms with E-state index in [1.165, 1.54) is 24.3 Å². The van der Waals surface area contributed by atoms with Gasteiger partial charge in [-0.3, -0.25) is 10.1 Å². The van der Waals surface area contributed by atoms with E-state index in [9.17, 15) is 14.9 Å². The lowest BCUT2D eigenvalue weighted by atomic mass is 10.1. The fourth-order valence-electron chi connectivity index (χ4n) is 2.05. The fourth-order valence-corrected chi connectivity index (χ4v) is 2.05. The summed E-state index contributed by atoms with van der Waals surface area (Å²) in [4.78, 5) is 26.3. The molecule has 0 saturated heterocycles. The van der Waals surface area contributed by atoms with Gasteiger partial charge in [-0.25, -0.2) is 9.79 Å². The lowest BCUT2D eigenvalue weighted by Crippen LogP contribution is -2.08. The normalized spacial score (nSPS) is 17.2. The van der Waals surface area contributed by atoms with Crippen LogP contribution in [0, 0.1) is 10.1 Å². The van der Waals surface area contributed by atoms with Crippen LogP contribution in [0.15, 0.2) is 59.6 Å². The molecule has 6 heteroatoms. The Morgan fingerprint density at radius 3 is 2.33 bits per heavy atom. The summed E-state index contributed by atoms with van der Waals surface area (Å²) in [5.41, 5.74) is 1.26. The van der Waals surface area contributed by atoms with E-state index in [0.29, 0.717) is 5.56 Å². The molecule has 1 heterocycles. The number of hydrogen-bond acceptors (Lipinski definition) is 5. The van der Waals surface area contributed by atoms with Gasteiger partial charge in [0.2, 0.25) is 5.90 Å². The first-order valence-electron chi connectivity index (χ1n) is 6.24. The van der Waals surface area contributed by atoms with Crippen molar-refractivity contribution in [1.82, 2.24) is 0 Å². The third kappa shape index (κ3) is 2.51. The first kappa shape index (κ1) is 13.0. The van der Waals surface area contributed by atoms with E-state index < -0.39 is 16.9 Å². The molecule has 1 aliphatic heterocycles. The Labute approximate surface area is 119 Å². The van der Waals surface area contributed by atoms with Crippen molar-refractivity contribution in [2.24, 2.45) is 4.99 Å². The minimum Gasteiger partial charge on any atom is -0.405 e. The van der Waals surface area contributed by atoms with E-state index in [2.05, 4.69) is 4.99 Å². The van der Waals surface area contributed by atoms with Crippen molar-refractivity contribution in [2.45, 2.75) is 6.04 Å². The summed E-state index contributed by atoms with van der Waals surface area (Å²) in [5, 5.41) is 10.6. The number of cyclic esters (lactones) is 1. The molecule has 0 aliphatic carbocycles. The predicted octanol–water partition coefficient (Wildman–Crippen LogP) is 2.64. The Hall–Kier alpha value is -3.02. The number of hydrogen-bond donors (Lipinski definition) is 0. The lowest BCUT2D eigenvalue weighted by molar-refractivity contribution is -0.384. The number of rotatable bonds is 3. The topological polar surface area (TPSA) is 81.8 Å². The molecule has 0 fully saturated rings. The molecule has 3 rings (SSSR count). The third-order valence-electron chi connectivity index (χ3n) is 3.11. The fraction of sp³-hybridized carbons (Fsp3) is 0.0667. The van der Waals surface area contributed by atoms with Crippen LogP contribution in [0.2, 0.25) is 0 Å². The molecule has 0 unspecified atom stereocenters. The number of esters is 1. The summed E-state index contributed by atoms with van der Waals surface area (Å²) in [5.74, 6) is -0.265. The van der Waals surface area contributed by atoms with Crippen LogP contribution in [0.3, 0.4) is 0 Å². The molecule has 6 nitrogen and oxygen atoms in total. The summed E-state index contributed by atoms with van der Waals surface area (Å²) in [6.45, 7) is 0. The zero-order valence-electron chi connectivity index (χ0n) is 10.8. The van der Waals surface area contributed by atoms with Crippen molar-refractivity contribution in [3.8, 4) is 0 Å². The quantitative estimate of drug-likeness (QED) is 0.492. The van der Waals surface area contributed by atoms with Crippen LogP contribution < -0.4 is 0 Å². The minimum atomic E-state index is -0.684. The van der Waals surface area contributed by atoms with Gasteiger partial charge in [-0.2, -0.15) is 0 Å². The second-order valence-electron chi connectivity index (χ2n) is 4.47. The second-order valence-corrected chi connectivity index (χ2v) is 4.47. The average molecular weight is 282 g/mol. The van der Waals surface area contributed by atoms with E-state index in [1.54, 1.807) is 12.1 Å². The van der Waals surface area contributed by atoms with Gasteiger partial charge in [-0.15, -0.1) is 0 Å². The summed E-state index contributed by atoms with van der Waals surface area (Å²) in [7, 11) is 0. The number of carbonyl (C=O) groups excluding carboxylic acids is 1. The van der Waals surface area contributed by atoms with Crippen LogP contribution in [-0.2, 0) is 9.53 Å². The van der Waals surface area contributed by atoms with Crippen LogP contribution in [0.1, 0.15) is 17.2 Å². The van der Waals surface area contributed by atoms with Gasteiger partial charge in [0.25, 0.3) is 5.69 Å². The van der Waals surface area contributed by atoms with E-state index in [4.69, 9.17) is 4.74 Å². The highest BCUT2D eigenvalue weighted by Crippen LogP contribution is 2.26. The summed E-state index contributed by atoms with van der Waals surface area (Å²) >= 11 is 0. The SMILES string of the molecule is O=C1OC(c2ccc([N+](=O)[O-])cc2)=N[C@H]1c1ccccc1. The zero-order valence-corrected chi connectivity index (χ0v) is 10.8. The molecular weight excluding hydrogens is 272 g/mol. The second kappa shape index (κ2) is 5.16. The predicted molar refractivity (Wildman–Crippen MR) is 74.9 cm³/mol. The first-order chi connectivity index (χ1) is 10.1. The maximum absolute atomic E-state index is 11.9. The number of aliphatic imine (C=N–C) groups is 1. The Morgan fingerprint density at radius 1 is 1.05 bits per heavy atom. The number of nitro benzene ring substituents is 1. The highest BCUT2D eigenvalue weighted by molar-refractivity contribution is 6.06. The van der Waals surface area contributed by atoms with Crippen LogP contribution in [0.25, 0.3) is 0 Å². The molecule has 2 aromatic rings. The van der Waals surface area contributed by atoms with Gasteiger partial charge in [0.1, 0.15) is 0 Å². The van der Waals surface area contributed by atoms with E-state index in [0.717, 1.165) is 5.56 Å². The summed E-state index contributed by atoms with van der Waals surface area (Å²) < 4.78 is 5.16. The van der Waals surface area contributed by atoms with Gasteiger partial charge >= 0.3 is 5.97 Å². The van der Waals surface area contributed by atoms with E-state index in [-0.39, 0.29) is 11.6 Å². The van der Waals surface area contributed by atoms with Gasteiger partial charge in [-0.1, -0.05) is 30.3 Å². The molecule has 104 valence electrons. The van der Waals surface area contributed by atoms with Crippen LogP contribution in [-0.4, -0.2) is 16.8 Å². The molecular formula is C15H10N2O4. The average Bonchev–Trinajstić information content (AvgIpc) is 2.90.